The molecule has 0 unspecified atom stereocenters. The smallest absolute Gasteiger partial charge is 0.343 e. The van der Waals surface area contributed by atoms with Crippen molar-refractivity contribution >= 4 is 34.5 Å². The number of hydrogen-bond acceptors (Lipinski definition) is 5. The van der Waals surface area contributed by atoms with E-state index in [-0.39, 0.29) is 11.5 Å². The van der Waals surface area contributed by atoms with Gasteiger partial charge in [-0.3, -0.25) is 0 Å². The van der Waals surface area contributed by atoms with Crippen molar-refractivity contribution in [2.75, 3.05) is 14.2 Å². The Labute approximate surface area is 141 Å². The Hall–Kier alpha value is -2.09. The van der Waals surface area contributed by atoms with Gasteiger partial charge in [-0.2, -0.15) is 0 Å². The lowest BCUT2D eigenvalue weighted by Gasteiger charge is -2.12. The summed E-state index contributed by atoms with van der Waals surface area (Å²) in [5.41, 5.74) is 0.751. The van der Waals surface area contributed by atoms with E-state index >= 15 is 0 Å². The van der Waals surface area contributed by atoms with Gasteiger partial charge in [0, 0.05) is 0 Å². The number of ether oxygens (including phenoxy) is 3. The summed E-state index contributed by atoms with van der Waals surface area (Å²) >= 11 is 1.97. The van der Waals surface area contributed by atoms with Crippen LogP contribution in [0.5, 0.6) is 11.5 Å². The molecule has 2 aromatic rings. The summed E-state index contributed by atoms with van der Waals surface area (Å²) in [6.07, 6.45) is 0. The van der Waals surface area contributed by atoms with E-state index in [0.717, 1.165) is 0 Å². The Bertz CT molecular complexity index is 697. The highest BCUT2D eigenvalue weighted by molar-refractivity contribution is 14.1. The van der Waals surface area contributed by atoms with Gasteiger partial charge in [0.2, 0.25) is 0 Å². The van der Waals surface area contributed by atoms with Gasteiger partial charge in [0.25, 0.3) is 0 Å². The molecule has 0 fully saturated rings. The van der Waals surface area contributed by atoms with Crippen molar-refractivity contribution in [1.82, 2.24) is 0 Å². The van der Waals surface area contributed by atoms with E-state index in [1.165, 1.54) is 20.3 Å². The maximum atomic E-state index is 12.1. The quantitative estimate of drug-likeness (QED) is 0.438. The number of rotatable bonds is 4. The number of carbonyl (C=O) groups is 2. The molecule has 0 aliphatic rings. The highest BCUT2D eigenvalue weighted by Gasteiger charge is 2.19. The molecule has 0 N–H and O–H groups in total. The molecule has 0 spiro atoms. The molecule has 0 atom stereocenters. The fourth-order valence-corrected chi connectivity index (χ4v) is 2.49. The number of esters is 2. The molecular formula is C16H13IO5. The van der Waals surface area contributed by atoms with E-state index in [1.807, 2.05) is 28.7 Å². The van der Waals surface area contributed by atoms with E-state index in [2.05, 4.69) is 4.74 Å². The second-order valence-corrected chi connectivity index (χ2v) is 5.40. The lowest BCUT2D eigenvalue weighted by Crippen LogP contribution is -2.11. The summed E-state index contributed by atoms with van der Waals surface area (Å²) in [6.45, 7) is 0. The van der Waals surface area contributed by atoms with Gasteiger partial charge in [-0.1, -0.05) is 18.2 Å². The summed E-state index contributed by atoms with van der Waals surface area (Å²) < 4.78 is 15.9. The zero-order valence-electron chi connectivity index (χ0n) is 12.0. The van der Waals surface area contributed by atoms with Crippen LogP contribution in [0, 0.1) is 3.57 Å². The van der Waals surface area contributed by atoms with Crippen LogP contribution in [-0.2, 0) is 4.74 Å². The standard InChI is InChI=1S/C16H13IO5/c1-20-13-9-11(15(18)21-2)8-12(17)14(13)22-16(19)10-6-4-3-5-7-10/h3-9H,1-2H3. The first-order valence-corrected chi connectivity index (χ1v) is 7.37. The van der Waals surface area contributed by atoms with E-state index in [4.69, 9.17) is 9.47 Å². The first-order valence-electron chi connectivity index (χ1n) is 6.30. The summed E-state index contributed by atoms with van der Waals surface area (Å²) in [4.78, 5) is 23.7. The average Bonchev–Trinajstić information content (AvgIpc) is 2.56. The molecule has 2 aromatic carbocycles. The third kappa shape index (κ3) is 3.56. The van der Waals surface area contributed by atoms with Gasteiger partial charge in [0.1, 0.15) is 0 Å². The number of carbonyl (C=O) groups excluding carboxylic acids is 2. The Morgan fingerprint density at radius 1 is 0.955 bits per heavy atom. The topological polar surface area (TPSA) is 61.8 Å². The predicted molar refractivity (Wildman–Crippen MR) is 88.5 cm³/mol. The van der Waals surface area contributed by atoms with Crippen molar-refractivity contribution in [1.29, 1.82) is 0 Å². The Morgan fingerprint density at radius 3 is 2.23 bits per heavy atom. The molecule has 0 radical (unpaired) electrons. The van der Waals surface area contributed by atoms with Crippen LogP contribution in [0.4, 0.5) is 0 Å². The molecule has 6 heteroatoms. The number of methoxy groups -OCH3 is 2. The van der Waals surface area contributed by atoms with Crippen LogP contribution >= 0.6 is 22.6 Å². The van der Waals surface area contributed by atoms with Gasteiger partial charge in [0.15, 0.2) is 11.5 Å². The Kier molecular flexibility index (Phi) is 5.37. The SMILES string of the molecule is COC(=O)c1cc(I)c(OC(=O)c2ccccc2)c(OC)c1. The van der Waals surface area contributed by atoms with E-state index in [9.17, 15) is 9.59 Å². The maximum Gasteiger partial charge on any atom is 0.343 e. The van der Waals surface area contributed by atoms with Crippen molar-refractivity contribution in [2.45, 2.75) is 0 Å². The zero-order valence-corrected chi connectivity index (χ0v) is 14.1. The van der Waals surface area contributed by atoms with Crippen molar-refractivity contribution < 1.29 is 23.8 Å². The number of benzene rings is 2. The lowest BCUT2D eigenvalue weighted by atomic mass is 10.2. The number of hydrogen-bond donors (Lipinski definition) is 0. The summed E-state index contributed by atoms with van der Waals surface area (Å²) in [7, 11) is 2.73. The molecule has 22 heavy (non-hydrogen) atoms. The molecule has 0 heterocycles. The molecular weight excluding hydrogens is 399 g/mol. The Morgan fingerprint density at radius 2 is 1.64 bits per heavy atom. The summed E-state index contributed by atoms with van der Waals surface area (Å²) in [5.74, 6) is -0.430. The molecule has 5 nitrogen and oxygen atoms in total. The van der Waals surface area contributed by atoms with Crippen molar-refractivity contribution in [3.8, 4) is 11.5 Å². The first-order chi connectivity index (χ1) is 10.6. The summed E-state index contributed by atoms with van der Waals surface area (Å²) in [6, 6.07) is 11.7. The van der Waals surface area contributed by atoms with Crippen LogP contribution in [0.2, 0.25) is 0 Å². The molecule has 0 aliphatic heterocycles. The maximum absolute atomic E-state index is 12.1. The molecule has 0 bridgehead atoms. The van der Waals surface area contributed by atoms with Gasteiger partial charge in [0.05, 0.1) is 28.9 Å². The highest BCUT2D eigenvalue weighted by Crippen LogP contribution is 2.34. The van der Waals surface area contributed by atoms with Crippen molar-refractivity contribution in [2.24, 2.45) is 0 Å². The normalized spacial score (nSPS) is 9.95. The molecule has 114 valence electrons. The highest BCUT2D eigenvalue weighted by atomic mass is 127. The van der Waals surface area contributed by atoms with Gasteiger partial charge < -0.3 is 14.2 Å². The molecule has 0 saturated carbocycles. The van der Waals surface area contributed by atoms with Crippen molar-refractivity contribution in [3.63, 3.8) is 0 Å². The molecule has 0 aromatic heterocycles. The largest absolute Gasteiger partial charge is 0.493 e. The van der Waals surface area contributed by atoms with Gasteiger partial charge in [-0.05, 0) is 46.9 Å². The summed E-state index contributed by atoms with van der Waals surface area (Å²) in [5, 5.41) is 0. The van der Waals surface area contributed by atoms with Crippen LogP contribution in [-0.4, -0.2) is 26.2 Å². The molecule has 0 amide bonds. The van der Waals surface area contributed by atoms with E-state index < -0.39 is 11.9 Å². The minimum absolute atomic E-state index is 0.268. The fraction of sp³-hybridized carbons (Fsp3) is 0.125. The van der Waals surface area contributed by atoms with E-state index in [0.29, 0.717) is 14.7 Å². The monoisotopic (exact) mass is 412 g/mol. The van der Waals surface area contributed by atoms with Crippen LogP contribution in [0.1, 0.15) is 20.7 Å². The van der Waals surface area contributed by atoms with Crippen LogP contribution in [0.3, 0.4) is 0 Å². The second kappa shape index (κ2) is 7.26. The van der Waals surface area contributed by atoms with Gasteiger partial charge >= 0.3 is 11.9 Å². The van der Waals surface area contributed by atoms with Crippen LogP contribution in [0.15, 0.2) is 42.5 Å². The van der Waals surface area contributed by atoms with Gasteiger partial charge in [-0.25, -0.2) is 9.59 Å². The van der Waals surface area contributed by atoms with Gasteiger partial charge in [-0.15, -0.1) is 0 Å². The third-order valence-electron chi connectivity index (χ3n) is 2.85. The molecule has 0 saturated heterocycles. The molecule has 0 aliphatic carbocycles. The first kappa shape index (κ1) is 16.3. The average molecular weight is 412 g/mol. The fourth-order valence-electron chi connectivity index (χ4n) is 1.78. The minimum Gasteiger partial charge on any atom is -0.493 e. The number of halogens is 1. The predicted octanol–water partition coefficient (Wildman–Crippen LogP) is 3.31. The molecule has 2 rings (SSSR count). The second-order valence-electron chi connectivity index (χ2n) is 4.24. The minimum atomic E-state index is -0.498. The van der Waals surface area contributed by atoms with Crippen LogP contribution in [0.25, 0.3) is 0 Å². The Balaban J connectivity index is 2.35. The lowest BCUT2D eigenvalue weighted by molar-refractivity contribution is 0.0600. The van der Waals surface area contributed by atoms with Crippen LogP contribution < -0.4 is 9.47 Å². The van der Waals surface area contributed by atoms with E-state index in [1.54, 1.807) is 30.3 Å². The van der Waals surface area contributed by atoms with Crippen molar-refractivity contribution in [3.05, 3.63) is 57.2 Å². The zero-order chi connectivity index (χ0) is 16.1. The third-order valence-corrected chi connectivity index (χ3v) is 3.66.